The van der Waals surface area contributed by atoms with Crippen LogP contribution in [-0.2, 0) is 22.6 Å². The Morgan fingerprint density at radius 3 is 2.53 bits per heavy atom. The topological polar surface area (TPSA) is 65.8 Å². The molecule has 2 fully saturated rings. The third-order valence-corrected chi connectivity index (χ3v) is 6.23. The summed E-state index contributed by atoms with van der Waals surface area (Å²) in [6.07, 6.45) is 4.34. The van der Waals surface area contributed by atoms with Gasteiger partial charge in [0.1, 0.15) is 5.76 Å². The highest BCUT2D eigenvalue weighted by molar-refractivity contribution is 5.85. The van der Waals surface area contributed by atoms with Crippen molar-refractivity contribution in [1.29, 1.82) is 0 Å². The molecule has 1 aromatic heterocycles. The molecule has 3 heterocycles. The van der Waals surface area contributed by atoms with E-state index in [1.165, 1.54) is 0 Å². The van der Waals surface area contributed by atoms with Crippen molar-refractivity contribution >= 4 is 11.8 Å². The minimum absolute atomic E-state index is 0.109. The Labute approximate surface area is 178 Å². The molecule has 6 nitrogen and oxygen atoms in total. The summed E-state index contributed by atoms with van der Waals surface area (Å²) in [6, 6.07) is 13.6. The highest BCUT2D eigenvalue weighted by Crippen LogP contribution is 2.35. The number of hydrogen-bond donors (Lipinski definition) is 1. The van der Waals surface area contributed by atoms with Crippen LogP contribution in [0.2, 0.25) is 0 Å². The van der Waals surface area contributed by atoms with Gasteiger partial charge in [-0.15, -0.1) is 0 Å². The summed E-state index contributed by atoms with van der Waals surface area (Å²) in [5.41, 5.74) is 0.709. The number of amides is 2. The van der Waals surface area contributed by atoms with Crippen molar-refractivity contribution in [2.75, 3.05) is 13.1 Å². The van der Waals surface area contributed by atoms with Gasteiger partial charge < -0.3 is 14.2 Å². The van der Waals surface area contributed by atoms with Crippen LogP contribution in [0.5, 0.6) is 0 Å². The van der Waals surface area contributed by atoms with E-state index in [-0.39, 0.29) is 17.9 Å². The van der Waals surface area contributed by atoms with Gasteiger partial charge in [0.2, 0.25) is 11.8 Å². The van der Waals surface area contributed by atoms with Gasteiger partial charge in [-0.3, -0.25) is 14.9 Å². The summed E-state index contributed by atoms with van der Waals surface area (Å²) in [6.45, 7) is 5.92. The molecule has 160 valence electrons. The number of carbonyl (C=O) groups is 2. The minimum atomic E-state index is -0.433. The van der Waals surface area contributed by atoms with Crippen molar-refractivity contribution in [2.45, 2.75) is 57.8 Å². The van der Waals surface area contributed by atoms with Crippen molar-refractivity contribution in [3.63, 3.8) is 0 Å². The number of likely N-dealkylation sites (tertiary alicyclic amines) is 1. The second-order valence-corrected chi connectivity index (χ2v) is 8.90. The highest BCUT2D eigenvalue weighted by Gasteiger charge is 2.51. The van der Waals surface area contributed by atoms with Gasteiger partial charge in [-0.25, -0.2) is 0 Å². The fourth-order valence-electron chi connectivity index (χ4n) is 4.66. The number of furan rings is 1. The molecule has 1 N–H and O–H groups in total. The Bertz CT molecular complexity index is 855. The van der Waals surface area contributed by atoms with E-state index >= 15 is 0 Å². The molecule has 0 radical (unpaired) electrons. The standard InChI is InChI=1S/C24H31N3O3/c1-18(2)15-22(28)26-12-10-24(11-13-26)25-21(16-19-7-4-3-5-8-19)23(29)27(24)17-20-9-6-14-30-20/h3-9,14,18,21,25H,10-13,15-17H2,1-2H3/t21-/m1/s1. The average Bonchev–Trinajstić information content (AvgIpc) is 3.32. The lowest BCUT2D eigenvalue weighted by Crippen LogP contribution is -2.59. The molecule has 4 rings (SSSR count). The van der Waals surface area contributed by atoms with E-state index in [0.717, 1.165) is 24.2 Å². The van der Waals surface area contributed by atoms with Crippen LogP contribution >= 0.6 is 0 Å². The van der Waals surface area contributed by atoms with Crippen LogP contribution in [0.3, 0.4) is 0 Å². The maximum Gasteiger partial charge on any atom is 0.242 e. The van der Waals surface area contributed by atoms with Crippen molar-refractivity contribution in [2.24, 2.45) is 5.92 Å². The van der Waals surface area contributed by atoms with Crippen molar-refractivity contribution < 1.29 is 14.0 Å². The zero-order valence-corrected chi connectivity index (χ0v) is 17.8. The molecule has 2 aromatic rings. The first-order valence-corrected chi connectivity index (χ1v) is 10.9. The molecule has 2 saturated heterocycles. The number of benzene rings is 1. The summed E-state index contributed by atoms with van der Waals surface area (Å²) in [5.74, 6) is 1.45. The summed E-state index contributed by atoms with van der Waals surface area (Å²) in [7, 11) is 0. The monoisotopic (exact) mass is 409 g/mol. The molecule has 1 spiro atoms. The molecule has 2 aliphatic heterocycles. The second kappa shape index (κ2) is 8.64. The Kier molecular flexibility index (Phi) is 5.95. The molecule has 0 bridgehead atoms. The molecule has 1 atom stereocenters. The summed E-state index contributed by atoms with van der Waals surface area (Å²) in [5, 5.41) is 3.66. The normalized spacial score (nSPS) is 21.0. The number of nitrogens with one attached hydrogen (secondary N) is 1. The van der Waals surface area contributed by atoms with Crippen LogP contribution in [0.1, 0.15) is 44.4 Å². The molecule has 30 heavy (non-hydrogen) atoms. The van der Waals surface area contributed by atoms with Crippen LogP contribution in [0, 0.1) is 5.92 Å². The minimum Gasteiger partial charge on any atom is -0.467 e. The maximum atomic E-state index is 13.4. The fraction of sp³-hybridized carbons (Fsp3) is 0.500. The molecule has 2 aliphatic rings. The van der Waals surface area contributed by atoms with Gasteiger partial charge in [-0.05, 0) is 30.0 Å². The van der Waals surface area contributed by atoms with Crippen LogP contribution in [0.25, 0.3) is 0 Å². The summed E-state index contributed by atoms with van der Waals surface area (Å²) >= 11 is 0. The molecule has 0 saturated carbocycles. The SMILES string of the molecule is CC(C)CC(=O)N1CCC2(CC1)N[C@H](Cc1ccccc1)C(=O)N2Cc1ccco1. The van der Waals surface area contributed by atoms with Gasteiger partial charge in [-0.1, -0.05) is 44.2 Å². The van der Waals surface area contributed by atoms with E-state index in [2.05, 4.69) is 31.3 Å². The van der Waals surface area contributed by atoms with E-state index in [4.69, 9.17) is 4.42 Å². The first-order chi connectivity index (χ1) is 14.5. The smallest absolute Gasteiger partial charge is 0.242 e. The van der Waals surface area contributed by atoms with E-state index < -0.39 is 5.66 Å². The summed E-state index contributed by atoms with van der Waals surface area (Å²) < 4.78 is 5.55. The third-order valence-electron chi connectivity index (χ3n) is 6.23. The lowest BCUT2D eigenvalue weighted by atomic mass is 9.95. The molecule has 6 heteroatoms. The number of carbonyl (C=O) groups excluding carboxylic acids is 2. The quantitative estimate of drug-likeness (QED) is 0.796. The molecule has 0 aliphatic carbocycles. The zero-order chi connectivity index (χ0) is 21.1. The molecule has 1 aromatic carbocycles. The Morgan fingerprint density at radius 1 is 1.17 bits per heavy atom. The third kappa shape index (κ3) is 4.29. The van der Waals surface area contributed by atoms with Crippen LogP contribution in [0.4, 0.5) is 0 Å². The van der Waals surface area contributed by atoms with Crippen molar-refractivity contribution in [3.8, 4) is 0 Å². The fourth-order valence-corrected chi connectivity index (χ4v) is 4.66. The second-order valence-electron chi connectivity index (χ2n) is 8.90. The highest BCUT2D eigenvalue weighted by atomic mass is 16.3. The van der Waals surface area contributed by atoms with Gasteiger partial charge in [-0.2, -0.15) is 0 Å². The van der Waals surface area contributed by atoms with Gasteiger partial charge in [0.15, 0.2) is 0 Å². The number of rotatable bonds is 6. The number of nitrogens with zero attached hydrogens (tertiary/aromatic N) is 2. The van der Waals surface area contributed by atoms with Gasteiger partial charge >= 0.3 is 0 Å². The van der Waals surface area contributed by atoms with Crippen LogP contribution in [0.15, 0.2) is 53.1 Å². The van der Waals surface area contributed by atoms with E-state index in [1.54, 1.807) is 6.26 Å². The van der Waals surface area contributed by atoms with E-state index in [1.807, 2.05) is 40.1 Å². The van der Waals surface area contributed by atoms with Gasteiger partial charge in [0.25, 0.3) is 0 Å². The molecular weight excluding hydrogens is 378 g/mol. The van der Waals surface area contributed by atoms with Crippen LogP contribution in [-0.4, -0.2) is 46.4 Å². The van der Waals surface area contributed by atoms with Gasteiger partial charge in [0.05, 0.1) is 24.5 Å². The lowest BCUT2D eigenvalue weighted by Gasteiger charge is -2.44. The Balaban J connectivity index is 1.52. The van der Waals surface area contributed by atoms with Gasteiger partial charge in [0, 0.05) is 32.4 Å². The Morgan fingerprint density at radius 2 is 1.90 bits per heavy atom. The van der Waals surface area contributed by atoms with Crippen molar-refractivity contribution in [3.05, 3.63) is 60.1 Å². The average molecular weight is 410 g/mol. The predicted octanol–water partition coefficient (Wildman–Crippen LogP) is 3.19. The Hall–Kier alpha value is -2.60. The molecule has 0 unspecified atom stereocenters. The van der Waals surface area contributed by atoms with E-state index in [9.17, 15) is 9.59 Å². The zero-order valence-electron chi connectivity index (χ0n) is 17.8. The number of piperidine rings is 1. The van der Waals surface area contributed by atoms with E-state index in [0.29, 0.717) is 38.4 Å². The first-order valence-electron chi connectivity index (χ1n) is 10.9. The number of hydrogen-bond acceptors (Lipinski definition) is 4. The van der Waals surface area contributed by atoms with Crippen molar-refractivity contribution in [1.82, 2.24) is 15.1 Å². The predicted molar refractivity (Wildman–Crippen MR) is 114 cm³/mol. The lowest BCUT2D eigenvalue weighted by molar-refractivity contribution is -0.138. The maximum absolute atomic E-state index is 13.4. The first kappa shape index (κ1) is 20.7. The largest absolute Gasteiger partial charge is 0.467 e. The van der Waals surface area contributed by atoms with Crippen LogP contribution < -0.4 is 5.32 Å². The summed E-state index contributed by atoms with van der Waals surface area (Å²) in [4.78, 5) is 29.8. The molecule has 2 amide bonds. The molecular formula is C24H31N3O3.